The summed E-state index contributed by atoms with van der Waals surface area (Å²) < 4.78 is 2.19. The summed E-state index contributed by atoms with van der Waals surface area (Å²) in [6.07, 6.45) is 1.42. The van der Waals surface area contributed by atoms with E-state index in [0.717, 1.165) is 16.6 Å². The molecule has 0 saturated carbocycles. The zero-order chi connectivity index (χ0) is 12.8. The monoisotopic (exact) mass is 411 g/mol. The van der Waals surface area contributed by atoms with Gasteiger partial charge < -0.3 is 16.3 Å². The van der Waals surface area contributed by atoms with Gasteiger partial charge in [-0.3, -0.25) is 0 Å². The smallest absolute Gasteiger partial charge is 0.141 e. The summed E-state index contributed by atoms with van der Waals surface area (Å²) in [5.41, 5.74) is 6.53. The highest BCUT2D eigenvalue weighted by Gasteiger charge is 2.10. The quantitative estimate of drug-likeness (QED) is 0.228. The zero-order valence-electron chi connectivity index (χ0n) is 9.45. The van der Waals surface area contributed by atoms with Crippen molar-refractivity contribution < 1.29 is 5.21 Å². The van der Waals surface area contributed by atoms with Gasteiger partial charge in [-0.1, -0.05) is 12.1 Å². The second kappa shape index (κ2) is 7.05. The minimum atomic E-state index is 0.155. The number of anilines is 1. The molecule has 0 aliphatic rings. The maximum atomic E-state index is 8.56. The first-order valence-electron chi connectivity index (χ1n) is 5.24. The van der Waals surface area contributed by atoms with Gasteiger partial charge in [0.25, 0.3) is 0 Å². The van der Waals surface area contributed by atoms with Crippen molar-refractivity contribution in [3.63, 3.8) is 0 Å². The Hall–Kier alpha value is -0.500. The molecule has 4 N–H and O–H groups in total. The lowest BCUT2D eigenvalue weighted by molar-refractivity contribution is 0.316. The lowest BCUT2D eigenvalue weighted by atomic mass is 10.1. The number of nitrogens with one attached hydrogen (secondary N) is 1. The Morgan fingerprint density at radius 1 is 1.65 bits per heavy atom. The van der Waals surface area contributed by atoms with E-state index in [0.29, 0.717) is 6.42 Å². The molecule has 0 saturated heterocycles. The summed E-state index contributed by atoms with van der Waals surface area (Å²) in [5.74, 6) is 0.242. The van der Waals surface area contributed by atoms with Crippen LogP contribution in [0.25, 0.3) is 0 Å². The SMILES string of the molecule is CCC(C/C(N)=N/O)Nc1ccc(I)cc1Br. The number of rotatable bonds is 5. The van der Waals surface area contributed by atoms with Gasteiger partial charge in [-0.25, -0.2) is 0 Å². The standard InChI is InChI=1S/C11H15BrIN3O/c1-2-8(6-11(14)16-17)15-10-4-3-7(13)5-9(10)12/h3-5,8,15,17H,2,6H2,1H3,(H2,14,16). The third-order valence-electron chi connectivity index (χ3n) is 2.37. The molecule has 1 aromatic rings. The predicted octanol–water partition coefficient (Wildman–Crippen LogP) is 3.38. The van der Waals surface area contributed by atoms with Crippen molar-refractivity contribution in [2.24, 2.45) is 10.9 Å². The third kappa shape index (κ3) is 4.71. The highest BCUT2D eigenvalue weighted by molar-refractivity contribution is 14.1. The van der Waals surface area contributed by atoms with Crippen molar-refractivity contribution in [3.05, 3.63) is 26.2 Å². The van der Waals surface area contributed by atoms with Crippen molar-refractivity contribution in [2.75, 3.05) is 5.32 Å². The van der Waals surface area contributed by atoms with Gasteiger partial charge in [0.05, 0.1) is 0 Å². The second-order valence-electron chi connectivity index (χ2n) is 3.67. The van der Waals surface area contributed by atoms with E-state index in [4.69, 9.17) is 10.9 Å². The van der Waals surface area contributed by atoms with Crippen LogP contribution in [-0.2, 0) is 0 Å². The number of nitrogens with zero attached hydrogens (tertiary/aromatic N) is 1. The summed E-state index contributed by atoms with van der Waals surface area (Å²) in [6, 6.07) is 6.24. The number of amidine groups is 1. The molecule has 0 bridgehead atoms. The topological polar surface area (TPSA) is 70.6 Å². The van der Waals surface area contributed by atoms with E-state index < -0.39 is 0 Å². The molecule has 0 fully saturated rings. The van der Waals surface area contributed by atoms with E-state index in [-0.39, 0.29) is 11.9 Å². The number of halogens is 2. The van der Waals surface area contributed by atoms with Gasteiger partial charge in [0.1, 0.15) is 5.84 Å². The van der Waals surface area contributed by atoms with Crippen LogP contribution >= 0.6 is 38.5 Å². The highest BCUT2D eigenvalue weighted by atomic mass is 127. The van der Waals surface area contributed by atoms with Crippen molar-refractivity contribution in [1.29, 1.82) is 0 Å². The summed E-state index contributed by atoms with van der Waals surface area (Å²) in [7, 11) is 0. The maximum absolute atomic E-state index is 8.56. The molecule has 0 spiro atoms. The van der Waals surface area contributed by atoms with Crippen molar-refractivity contribution in [1.82, 2.24) is 0 Å². The normalized spacial score (nSPS) is 13.5. The first-order chi connectivity index (χ1) is 8.06. The zero-order valence-corrected chi connectivity index (χ0v) is 13.2. The molecule has 0 radical (unpaired) electrons. The highest BCUT2D eigenvalue weighted by Crippen LogP contribution is 2.25. The van der Waals surface area contributed by atoms with Crippen LogP contribution in [0.3, 0.4) is 0 Å². The van der Waals surface area contributed by atoms with Crippen molar-refractivity contribution in [3.8, 4) is 0 Å². The molecule has 0 aliphatic carbocycles. The van der Waals surface area contributed by atoms with Crippen LogP contribution in [0.1, 0.15) is 19.8 Å². The summed E-state index contributed by atoms with van der Waals surface area (Å²) in [4.78, 5) is 0. The molecule has 0 aromatic heterocycles. The van der Waals surface area contributed by atoms with Crippen molar-refractivity contribution >= 4 is 50.0 Å². The van der Waals surface area contributed by atoms with E-state index in [1.165, 1.54) is 3.57 Å². The lowest BCUT2D eigenvalue weighted by Gasteiger charge is -2.18. The maximum Gasteiger partial charge on any atom is 0.141 e. The fraction of sp³-hybridized carbons (Fsp3) is 0.364. The number of benzene rings is 1. The largest absolute Gasteiger partial charge is 0.409 e. The molecular formula is C11H15BrIN3O. The van der Waals surface area contributed by atoms with E-state index >= 15 is 0 Å². The molecule has 1 aromatic carbocycles. The molecule has 1 rings (SSSR count). The van der Waals surface area contributed by atoms with Crippen LogP contribution in [0, 0.1) is 3.57 Å². The molecule has 1 atom stereocenters. The lowest BCUT2D eigenvalue weighted by Crippen LogP contribution is -2.26. The van der Waals surface area contributed by atoms with Crippen molar-refractivity contribution in [2.45, 2.75) is 25.8 Å². The van der Waals surface area contributed by atoms with Gasteiger partial charge in [-0.15, -0.1) is 0 Å². The summed E-state index contributed by atoms with van der Waals surface area (Å²) in [5, 5.41) is 14.9. The van der Waals surface area contributed by atoms with Crippen LogP contribution in [0.4, 0.5) is 5.69 Å². The average molecular weight is 412 g/mol. The van der Waals surface area contributed by atoms with Gasteiger partial charge in [-0.2, -0.15) is 0 Å². The van der Waals surface area contributed by atoms with Gasteiger partial charge >= 0.3 is 0 Å². The fourth-order valence-corrected chi connectivity index (χ4v) is 2.83. The first kappa shape index (κ1) is 14.6. The molecule has 0 amide bonds. The molecule has 6 heteroatoms. The van der Waals surface area contributed by atoms with Crippen LogP contribution in [-0.4, -0.2) is 17.1 Å². The Labute approximate surface area is 123 Å². The summed E-state index contributed by atoms with van der Waals surface area (Å²) >= 11 is 5.77. The molecule has 4 nitrogen and oxygen atoms in total. The molecular weight excluding hydrogens is 397 g/mol. The number of hydrogen-bond donors (Lipinski definition) is 3. The predicted molar refractivity (Wildman–Crippen MR) is 82.6 cm³/mol. The molecule has 94 valence electrons. The Balaban J connectivity index is 2.73. The van der Waals surface area contributed by atoms with Crippen LogP contribution in [0.15, 0.2) is 27.8 Å². The Morgan fingerprint density at radius 2 is 2.35 bits per heavy atom. The van der Waals surface area contributed by atoms with E-state index in [9.17, 15) is 0 Å². The fourth-order valence-electron chi connectivity index (χ4n) is 1.42. The molecule has 17 heavy (non-hydrogen) atoms. The van der Waals surface area contributed by atoms with Crippen LogP contribution < -0.4 is 11.1 Å². The Kier molecular flexibility index (Phi) is 6.04. The minimum absolute atomic E-state index is 0.155. The van der Waals surface area contributed by atoms with E-state index in [1.807, 2.05) is 18.2 Å². The molecule has 0 aliphatic heterocycles. The first-order valence-corrected chi connectivity index (χ1v) is 7.12. The van der Waals surface area contributed by atoms with Gasteiger partial charge in [-0.05, 0) is 63.1 Å². The average Bonchev–Trinajstić information content (AvgIpc) is 2.31. The molecule has 1 unspecified atom stereocenters. The Bertz CT molecular complexity index is 412. The third-order valence-corrected chi connectivity index (χ3v) is 3.69. The molecule has 0 heterocycles. The van der Waals surface area contributed by atoms with Crippen LogP contribution in [0.5, 0.6) is 0 Å². The summed E-state index contributed by atoms with van der Waals surface area (Å²) in [6.45, 7) is 2.06. The van der Waals surface area contributed by atoms with E-state index in [1.54, 1.807) is 0 Å². The number of nitrogens with two attached hydrogens (primary N) is 1. The number of hydrogen-bond acceptors (Lipinski definition) is 3. The Morgan fingerprint density at radius 3 is 2.88 bits per heavy atom. The van der Waals surface area contributed by atoms with Gasteiger partial charge in [0.15, 0.2) is 0 Å². The van der Waals surface area contributed by atoms with Gasteiger partial charge in [0, 0.05) is 26.2 Å². The van der Waals surface area contributed by atoms with E-state index in [2.05, 4.69) is 55.9 Å². The van der Waals surface area contributed by atoms with Gasteiger partial charge in [0.2, 0.25) is 0 Å². The number of oxime groups is 1. The minimum Gasteiger partial charge on any atom is -0.409 e. The van der Waals surface area contributed by atoms with Crippen LogP contribution in [0.2, 0.25) is 0 Å². The second-order valence-corrected chi connectivity index (χ2v) is 5.77.